The minimum atomic E-state index is 0.285. The van der Waals surface area contributed by atoms with Crippen molar-refractivity contribution < 1.29 is 5.11 Å². The summed E-state index contributed by atoms with van der Waals surface area (Å²) in [4.78, 5) is 0. The zero-order valence-corrected chi connectivity index (χ0v) is 15.2. The summed E-state index contributed by atoms with van der Waals surface area (Å²) < 4.78 is 1.92. The molecule has 0 saturated carbocycles. The van der Waals surface area contributed by atoms with Crippen molar-refractivity contribution in [3.8, 4) is 16.9 Å². The SMILES string of the molecule is Oc1ccc2ccccc2c1-c1c(Br)c(Br)cc2ccccc12. The van der Waals surface area contributed by atoms with Crippen molar-refractivity contribution in [1.82, 2.24) is 0 Å². The van der Waals surface area contributed by atoms with Gasteiger partial charge in [0.05, 0.1) is 0 Å². The minimum absolute atomic E-state index is 0.285. The van der Waals surface area contributed by atoms with Gasteiger partial charge in [-0.25, -0.2) is 0 Å². The maximum Gasteiger partial charge on any atom is 0.124 e. The molecule has 0 bridgehead atoms. The number of rotatable bonds is 1. The molecule has 1 nitrogen and oxygen atoms in total. The molecule has 4 aromatic carbocycles. The Labute approximate surface area is 150 Å². The molecule has 0 unspecified atom stereocenters. The van der Waals surface area contributed by atoms with Gasteiger partial charge in [0.1, 0.15) is 5.75 Å². The van der Waals surface area contributed by atoms with E-state index in [1.807, 2.05) is 36.4 Å². The second-order valence-electron chi connectivity index (χ2n) is 5.45. The van der Waals surface area contributed by atoms with Crippen LogP contribution >= 0.6 is 31.9 Å². The normalized spacial score (nSPS) is 11.2. The van der Waals surface area contributed by atoms with E-state index in [-0.39, 0.29) is 5.75 Å². The van der Waals surface area contributed by atoms with Gasteiger partial charge in [0, 0.05) is 20.1 Å². The average Bonchev–Trinajstić information content (AvgIpc) is 2.57. The first kappa shape index (κ1) is 14.7. The van der Waals surface area contributed by atoms with E-state index in [2.05, 4.69) is 56.1 Å². The van der Waals surface area contributed by atoms with Crippen molar-refractivity contribution in [2.75, 3.05) is 0 Å². The van der Waals surface area contributed by atoms with E-state index >= 15 is 0 Å². The van der Waals surface area contributed by atoms with Crippen LogP contribution in [0.5, 0.6) is 5.75 Å². The van der Waals surface area contributed by atoms with Gasteiger partial charge in [0.25, 0.3) is 0 Å². The molecule has 0 radical (unpaired) electrons. The fraction of sp³-hybridized carbons (Fsp3) is 0. The molecule has 4 rings (SSSR count). The van der Waals surface area contributed by atoms with E-state index in [0.717, 1.165) is 41.6 Å². The van der Waals surface area contributed by atoms with Crippen molar-refractivity contribution in [3.63, 3.8) is 0 Å². The monoisotopic (exact) mass is 426 g/mol. The van der Waals surface area contributed by atoms with Gasteiger partial charge in [-0.3, -0.25) is 0 Å². The summed E-state index contributed by atoms with van der Waals surface area (Å²) in [5.41, 5.74) is 1.86. The molecule has 0 aliphatic carbocycles. The Morgan fingerprint density at radius 2 is 1.26 bits per heavy atom. The Bertz CT molecular complexity index is 1050. The van der Waals surface area contributed by atoms with Crippen molar-refractivity contribution in [2.45, 2.75) is 0 Å². The molecule has 0 atom stereocenters. The van der Waals surface area contributed by atoms with Gasteiger partial charge in [-0.15, -0.1) is 0 Å². The lowest BCUT2D eigenvalue weighted by molar-refractivity contribution is 0.478. The van der Waals surface area contributed by atoms with Crippen LogP contribution in [0.25, 0.3) is 32.7 Å². The van der Waals surface area contributed by atoms with Crippen LogP contribution in [0, 0.1) is 0 Å². The molecule has 0 amide bonds. The summed E-state index contributed by atoms with van der Waals surface area (Å²) in [7, 11) is 0. The molecule has 0 heterocycles. The fourth-order valence-electron chi connectivity index (χ4n) is 3.06. The lowest BCUT2D eigenvalue weighted by Crippen LogP contribution is -1.88. The number of halogens is 2. The summed E-state index contributed by atoms with van der Waals surface area (Å²) in [6.45, 7) is 0. The Morgan fingerprint density at radius 3 is 2.00 bits per heavy atom. The Balaban J connectivity index is 2.24. The van der Waals surface area contributed by atoms with Crippen LogP contribution in [0.3, 0.4) is 0 Å². The molecular formula is C20H12Br2O. The summed E-state index contributed by atoms with van der Waals surface area (Å²) >= 11 is 7.32. The van der Waals surface area contributed by atoms with Crippen molar-refractivity contribution in [2.24, 2.45) is 0 Å². The van der Waals surface area contributed by atoms with Gasteiger partial charge in [0.15, 0.2) is 0 Å². The average molecular weight is 428 g/mol. The van der Waals surface area contributed by atoms with Crippen molar-refractivity contribution >= 4 is 53.4 Å². The number of phenolic OH excluding ortho intramolecular Hbond substituents is 1. The highest BCUT2D eigenvalue weighted by atomic mass is 79.9. The first-order valence-corrected chi connectivity index (χ1v) is 8.83. The first-order chi connectivity index (χ1) is 11.2. The van der Waals surface area contributed by atoms with Gasteiger partial charge >= 0.3 is 0 Å². The number of phenols is 1. The zero-order valence-electron chi connectivity index (χ0n) is 12.1. The smallest absolute Gasteiger partial charge is 0.124 e. The molecule has 3 heteroatoms. The molecular weight excluding hydrogens is 416 g/mol. The quantitative estimate of drug-likeness (QED) is 0.350. The molecule has 1 N–H and O–H groups in total. The molecule has 0 aromatic heterocycles. The summed E-state index contributed by atoms with van der Waals surface area (Å²) in [6, 6.07) is 22.1. The minimum Gasteiger partial charge on any atom is -0.507 e. The number of fused-ring (bicyclic) bond motifs is 2. The molecule has 0 aliphatic rings. The van der Waals surface area contributed by atoms with Crippen LogP contribution in [-0.2, 0) is 0 Å². The highest BCUT2D eigenvalue weighted by Gasteiger charge is 2.17. The summed E-state index contributed by atoms with van der Waals surface area (Å²) in [5.74, 6) is 0.285. The van der Waals surface area contributed by atoms with Crippen LogP contribution in [-0.4, -0.2) is 5.11 Å². The second kappa shape index (κ2) is 5.66. The summed E-state index contributed by atoms with van der Waals surface area (Å²) in [6.07, 6.45) is 0. The zero-order chi connectivity index (χ0) is 16.0. The van der Waals surface area contributed by atoms with Gasteiger partial charge in [-0.2, -0.15) is 0 Å². The van der Waals surface area contributed by atoms with Gasteiger partial charge in [-0.1, -0.05) is 54.6 Å². The molecule has 0 fully saturated rings. The maximum atomic E-state index is 10.6. The van der Waals surface area contributed by atoms with Crippen LogP contribution < -0.4 is 0 Å². The molecule has 23 heavy (non-hydrogen) atoms. The maximum absolute atomic E-state index is 10.6. The molecule has 0 aliphatic heterocycles. The van der Waals surface area contributed by atoms with E-state index < -0.39 is 0 Å². The first-order valence-electron chi connectivity index (χ1n) is 7.24. The van der Waals surface area contributed by atoms with Gasteiger partial charge in [0.2, 0.25) is 0 Å². The second-order valence-corrected chi connectivity index (χ2v) is 7.10. The third-order valence-electron chi connectivity index (χ3n) is 4.10. The van der Waals surface area contributed by atoms with Crippen molar-refractivity contribution in [1.29, 1.82) is 0 Å². The van der Waals surface area contributed by atoms with Gasteiger partial charge < -0.3 is 5.11 Å². The van der Waals surface area contributed by atoms with Crippen LogP contribution in [0.15, 0.2) is 75.7 Å². The van der Waals surface area contributed by atoms with Crippen molar-refractivity contribution in [3.05, 3.63) is 75.7 Å². The number of hydrogen-bond donors (Lipinski definition) is 1. The van der Waals surface area contributed by atoms with Crippen LogP contribution in [0.2, 0.25) is 0 Å². The topological polar surface area (TPSA) is 20.2 Å². The molecule has 112 valence electrons. The van der Waals surface area contributed by atoms with Crippen LogP contribution in [0.1, 0.15) is 0 Å². The predicted octanol–water partition coefficient (Wildman–Crippen LogP) is 6.89. The van der Waals surface area contributed by atoms with Crippen LogP contribution in [0.4, 0.5) is 0 Å². The standard InChI is InChI=1S/C20H12Br2O/c21-16-11-13-6-2-4-8-15(13)19(20(16)22)18-14-7-3-1-5-12(14)9-10-17(18)23/h1-11,23H. The number of hydrogen-bond acceptors (Lipinski definition) is 1. The lowest BCUT2D eigenvalue weighted by Gasteiger charge is -2.15. The predicted molar refractivity (Wildman–Crippen MR) is 104 cm³/mol. The fourth-order valence-corrected chi connectivity index (χ4v) is 4.03. The van der Waals surface area contributed by atoms with Gasteiger partial charge in [-0.05, 0) is 65.5 Å². The van der Waals surface area contributed by atoms with E-state index in [0.29, 0.717) is 0 Å². The van der Waals surface area contributed by atoms with E-state index in [1.54, 1.807) is 6.07 Å². The Hall–Kier alpha value is -1.84. The molecule has 4 aromatic rings. The lowest BCUT2D eigenvalue weighted by atomic mass is 9.93. The molecule has 0 saturated heterocycles. The van der Waals surface area contributed by atoms with E-state index in [9.17, 15) is 5.11 Å². The molecule has 0 spiro atoms. The Morgan fingerprint density at radius 1 is 0.652 bits per heavy atom. The largest absolute Gasteiger partial charge is 0.507 e. The highest BCUT2D eigenvalue weighted by molar-refractivity contribution is 9.13. The third kappa shape index (κ3) is 2.35. The van der Waals surface area contributed by atoms with E-state index in [4.69, 9.17) is 0 Å². The number of benzene rings is 4. The third-order valence-corrected chi connectivity index (χ3v) is 6.08. The summed E-state index contributed by atoms with van der Waals surface area (Å²) in [5, 5.41) is 15.0. The highest BCUT2D eigenvalue weighted by Crippen LogP contribution is 2.46. The number of aromatic hydroxyl groups is 1. The Kier molecular flexibility index (Phi) is 3.63. The van der Waals surface area contributed by atoms with E-state index in [1.165, 1.54) is 0 Å².